The molecule has 0 aromatic carbocycles. The lowest BCUT2D eigenvalue weighted by Crippen LogP contribution is -2.49. The second-order valence-corrected chi connectivity index (χ2v) is 7.00. The summed E-state index contributed by atoms with van der Waals surface area (Å²) in [7, 11) is 1.55. The Labute approximate surface area is 176 Å². The van der Waals surface area contributed by atoms with Crippen LogP contribution < -0.4 is 15.0 Å². The van der Waals surface area contributed by atoms with E-state index in [2.05, 4.69) is 30.2 Å². The van der Waals surface area contributed by atoms with Gasteiger partial charge in [-0.1, -0.05) is 11.6 Å². The number of amides is 2. The van der Waals surface area contributed by atoms with Gasteiger partial charge in [0.25, 0.3) is 11.8 Å². The molecule has 0 spiro atoms. The lowest BCUT2D eigenvalue weighted by atomic mass is 10.1. The van der Waals surface area contributed by atoms with Crippen molar-refractivity contribution in [3.8, 4) is 17.0 Å². The van der Waals surface area contributed by atoms with E-state index in [-0.39, 0.29) is 18.3 Å². The molecule has 0 saturated heterocycles. The van der Waals surface area contributed by atoms with Crippen molar-refractivity contribution in [2.45, 2.75) is 13.0 Å². The van der Waals surface area contributed by atoms with E-state index in [9.17, 15) is 9.59 Å². The largest absolute Gasteiger partial charge is 0.487 e. The minimum Gasteiger partial charge on any atom is -0.487 e. The fraction of sp³-hybridized carbons (Fsp3) is 0.211. The van der Waals surface area contributed by atoms with E-state index in [1.807, 2.05) is 6.92 Å². The van der Waals surface area contributed by atoms with Crippen molar-refractivity contribution in [1.29, 1.82) is 0 Å². The topological polar surface area (TPSA) is 123 Å². The van der Waals surface area contributed by atoms with Crippen molar-refractivity contribution in [3.63, 3.8) is 0 Å². The molecule has 30 heavy (non-hydrogen) atoms. The SMILES string of the molecule is Cc1cnc(C(=O)NC2COc3cc(Cl)cnc3N(C)C2=O)nc1-c1cncnc1. The summed E-state index contributed by atoms with van der Waals surface area (Å²) in [5.41, 5.74) is 1.94. The van der Waals surface area contributed by atoms with Crippen LogP contribution in [0.1, 0.15) is 16.2 Å². The number of rotatable bonds is 3. The summed E-state index contributed by atoms with van der Waals surface area (Å²) in [6.45, 7) is 1.73. The van der Waals surface area contributed by atoms with E-state index < -0.39 is 11.9 Å². The predicted octanol–water partition coefficient (Wildman–Crippen LogP) is 1.44. The third-order valence-electron chi connectivity index (χ3n) is 4.47. The Balaban J connectivity index is 1.57. The summed E-state index contributed by atoms with van der Waals surface area (Å²) in [5.74, 6) is -0.411. The molecule has 0 saturated carbocycles. The highest BCUT2D eigenvalue weighted by Gasteiger charge is 2.32. The average Bonchev–Trinajstić information content (AvgIpc) is 2.86. The second-order valence-electron chi connectivity index (χ2n) is 6.56. The van der Waals surface area contributed by atoms with Crippen LogP contribution in [-0.4, -0.2) is 56.4 Å². The number of fused-ring (bicyclic) bond motifs is 1. The summed E-state index contributed by atoms with van der Waals surface area (Å²) in [6, 6.07) is 0.610. The van der Waals surface area contributed by atoms with Gasteiger partial charge < -0.3 is 10.1 Å². The molecule has 4 heterocycles. The number of carbonyl (C=O) groups excluding carboxylic acids is 2. The Kier molecular flexibility index (Phi) is 5.23. The number of hydrogen-bond donors (Lipinski definition) is 1. The summed E-state index contributed by atoms with van der Waals surface area (Å²) in [5, 5.41) is 3.01. The molecular weight excluding hydrogens is 410 g/mol. The molecule has 11 heteroatoms. The molecule has 2 amide bonds. The van der Waals surface area contributed by atoms with Gasteiger partial charge in [0.15, 0.2) is 11.6 Å². The van der Waals surface area contributed by atoms with E-state index >= 15 is 0 Å². The van der Waals surface area contributed by atoms with Crippen molar-refractivity contribution < 1.29 is 14.3 Å². The standard InChI is InChI=1S/C19H16ClN7O3/c1-10-4-23-16(26-15(10)11-5-21-9-22-6-11)18(28)25-13-8-30-14-3-12(20)7-24-17(14)27(2)19(13)29/h3-7,9,13H,8H2,1-2H3,(H,25,28). The number of halogens is 1. The van der Waals surface area contributed by atoms with Gasteiger partial charge in [-0.2, -0.15) is 0 Å². The molecule has 3 aromatic rings. The molecule has 1 aliphatic heterocycles. The first-order valence-electron chi connectivity index (χ1n) is 8.90. The zero-order valence-electron chi connectivity index (χ0n) is 16.0. The van der Waals surface area contributed by atoms with Gasteiger partial charge in [0.1, 0.15) is 19.0 Å². The first-order chi connectivity index (χ1) is 14.4. The predicted molar refractivity (Wildman–Crippen MR) is 107 cm³/mol. The molecular formula is C19H16ClN7O3. The monoisotopic (exact) mass is 425 g/mol. The summed E-state index contributed by atoms with van der Waals surface area (Å²) < 4.78 is 5.65. The molecule has 0 fully saturated rings. The number of carbonyl (C=O) groups is 2. The molecule has 10 nitrogen and oxygen atoms in total. The molecule has 1 unspecified atom stereocenters. The Hall–Kier alpha value is -3.66. The quantitative estimate of drug-likeness (QED) is 0.668. The maximum Gasteiger partial charge on any atom is 0.289 e. The van der Waals surface area contributed by atoms with Crippen LogP contribution in [0.15, 0.2) is 37.2 Å². The lowest BCUT2D eigenvalue weighted by Gasteiger charge is -2.19. The van der Waals surface area contributed by atoms with E-state index in [1.165, 1.54) is 23.6 Å². The van der Waals surface area contributed by atoms with Crippen molar-refractivity contribution in [2.75, 3.05) is 18.6 Å². The number of nitrogens with one attached hydrogen (secondary N) is 1. The number of hydrogen-bond acceptors (Lipinski definition) is 8. The van der Waals surface area contributed by atoms with E-state index in [4.69, 9.17) is 16.3 Å². The van der Waals surface area contributed by atoms with E-state index in [1.54, 1.807) is 25.5 Å². The highest BCUT2D eigenvalue weighted by molar-refractivity contribution is 6.30. The highest BCUT2D eigenvalue weighted by atomic mass is 35.5. The van der Waals surface area contributed by atoms with E-state index in [0.29, 0.717) is 27.8 Å². The first-order valence-corrected chi connectivity index (χ1v) is 9.27. The lowest BCUT2D eigenvalue weighted by molar-refractivity contribution is -0.120. The maximum atomic E-state index is 12.8. The van der Waals surface area contributed by atoms with E-state index in [0.717, 1.165) is 5.56 Å². The van der Waals surface area contributed by atoms with Crippen LogP contribution in [0.5, 0.6) is 5.75 Å². The van der Waals surface area contributed by atoms with Gasteiger partial charge in [0.2, 0.25) is 5.82 Å². The third kappa shape index (κ3) is 3.77. The summed E-state index contributed by atoms with van der Waals surface area (Å²) in [6.07, 6.45) is 7.54. The fourth-order valence-electron chi connectivity index (χ4n) is 2.95. The zero-order valence-corrected chi connectivity index (χ0v) is 16.8. The van der Waals surface area contributed by atoms with Crippen LogP contribution >= 0.6 is 11.6 Å². The number of ether oxygens (including phenoxy) is 1. The van der Waals surface area contributed by atoms with Crippen molar-refractivity contribution in [2.24, 2.45) is 0 Å². The van der Waals surface area contributed by atoms with Crippen LogP contribution in [0.3, 0.4) is 0 Å². The van der Waals surface area contributed by atoms with Crippen LogP contribution in [0.4, 0.5) is 5.82 Å². The molecule has 1 N–H and O–H groups in total. The fourth-order valence-corrected chi connectivity index (χ4v) is 3.09. The number of nitrogens with zero attached hydrogens (tertiary/aromatic N) is 6. The molecule has 3 aromatic heterocycles. The van der Waals surface area contributed by atoms with Crippen molar-refractivity contribution in [1.82, 2.24) is 30.2 Å². The molecule has 0 radical (unpaired) electrons. The smallest absolute Gasteiger partial charge is 0.289 e. The Morgan fingerprint density at radius 1 is 1.23 bits per heavy atom. The van der Waals surface area contributed by atoms with Crippen molar-refractivity contribution >= 4 is 29.2 Å². The van der Waals surface area contributed by atoms with Gasteiger partial charge in [-0.05, 0) is 12.5 Å². The Bertz CT molecular complexity index is 1130. The molecule has 4 rings (SSSR count). The van der Waals surface area contributed by atoms with Gasteiger partial charge in [0.05, 0.1) is 10.7 Å². The van der Waals surface area contributed by atoms with Gasteiger partial charge in [-0.25, -0.2) is 24.9 Å². The number of aromatic nitrogens is 5. The van der Waals surface area contributed by atoms with Crippen LogP contribution in [0, 0.1) is 6.92 Å². The molecule has 1 atom stereocenters. The molecule has 1 aliphatic rings. The number of anilines is 1. The summed E-state index contributed by atoms with van der Waals surface area (Å²) >= 11 is 5.95. The van der Waals surface area contributed by atoms with Crippen LogP contribution in [-0.2, 0) is 4.79 Å². The van der Waals surface area contributed by atoms with Crippen molar-refractivity contribution in [3.05, 3.63) is 53.6 Å². The third-order valence-corrected chi connectivity index (χ3v) is 4.67. The minimum absolute atomic E-state index is 0.0853. The van der Waals surface area contributed by atoms with Gasteiger partial charge in [0, 0.05) is 43.5 Å². The Morgan fingerprint density at radius 2 is 2.00 bits per heavy atom. The second kappa shape index (κ2) is 7.99. The zero-order chi connectivity index (χ0) is 21.3. The van der Waals surface area contributed by atoms with Gasteiger partial charge >= 0.3 is 0 Å². The summed E-state index contributed by atoms with van der Waals surface area (Å²) in [4.78, 5) is 47.4. The molecule has 152 valence electrons. The normalized spacial score (nSPS) is 15.8. The maximum absolute atomic E-state index is 12.8. The number of aryl methyl sites for hydroxylation is 1. The Morgan fingerprint density at radius 3 is 2.77 bits per heavy atom. The highest BCUT2D eigenvalue weighted by Crippen LogP contribution is 2.30. The molecule has 0 aliphatic carbocycles. The molecule has 0 bridgehead atoms. The number of likely N-dealkylation sites (N-methyl/N-ethyl adjacent to an activating group) is 1. The van der Waals surface area contributed by atoms with Gasteiger partial charge in [-0.15, -0.1) is 0 Å². The van der Waals surface area contributed by atoms with Crippen LogP contribution in [0.2, 0.25) is 5.02 Å². The number of pyridine rings is 1. The van der Waals surface area contributed by atoms with Crippen LogP contribution in [0.25, 0.3) is 11.3 Å². The first kappa shape index (κ1) is 19.6. The minimum atomic E-state index is -0.955. The van der Waals surface area contributed by atoms with Gasteiger partial charge in [-0.3, -0.25) is 14.5 Å². The average molecular weight is 426 g/mol.